The van der Waals surface area contributed by atoms with Crippen LogP contribution < -0.4 is 5.56 Å². The van der Waals surface area contributed by atoms with Gasteiger partial charge in [-0.15, -0.1) is 11.3 Å². The largest absolute Gasteiger partial charge is 0.296 e. The number of benzene rings is 1. The van der Waals surface area contributed by atoms with Crippen LogP contribution in [0, 0.1) is 18.3 Å². The first-order chi connectivity index (χ1) is 12.7. The summed E-state index contributed by atoms with van der Waals surface area (Å²) in [5.74, 6) is 0.722. The van der Waals surface area contributed by atoms with E-state index < -0.39 is 0 Å². The SMILES string of the molecule is Cc1nc2scc(-c3ccc4c(c3)CCCC4)c2c(=O)n1CCCC#N. The summed E-state index contributed by atoms with van der Waals surface area (Å²) in [5, 5.41) is 11.5. The molecule has 1 aliphatic carbocycles. The summed E-state index contributed by atoms with van der Waals surface area (Å²) in [4.78, 5) is 18.6. The van der Waals surface area contributed by atoms with E-state index in [1.54, 1.807) is 4.57 Å². The van der Waals surface area contributed by atoms with E-state index in [9.17, 15) is 4.79 Å². The molecule has 0 N–H and O–H groups in total. The molecular weight excluding hydrogens is 342 g/mol. The molecule has 4 rings (SSSR count). The minimum atomic E-state index is 0.0133. The topological polar surface area (TPSA) is 58.7 Å². The van der Waals surface area contributed by atoms with Crippen LogP contribution in [-0.4, -0.2) is 9.55 Å². The van der Waals surface area contributed by atoms with Crippen LogP contribution in [-0.2, 0) is 19.4 Å². The molecular formula is C21H21N3OS. The fourth-order valence-corrected chi connectivity index (χ4v) is 4.80. The molecule has 1 aromatic carbocycles. The van der Waals surface area contributed by atoms with Crippen molar-refractivity contribution in [2.24, 2.45) is 0 Å². The number of hydrogen-bond donors (Lipinski definition) is 0. The number of unbranched alkanes of at least 4 members (excludes halogenated alkanes) is 1. The fraction of sp³-hybridized carbons (Fsp3) is 0.381. The summed E-state index contributed by atoms with van der Waals surface area (Å²) in [6.07, 6.45) is 5.92. The Hall–Kier alpha value is -2.45. The van der Waals surface area contributed by atoms with Gasteiger partial charge in [-0.25, -0.2) is 4.98 Å². The van der Waals surface area contributed by atoms with Gasteiger partial charge < -0.3 is 0 Å². The Morgan fingerprint density at radius 1 is 1.27 bits per heavy atom. The minimum absolute atomic E-state index is 0.0133. The number of hydrogen-bond acceptors (Lipinski definition) is 4. The second-order valence-electron chi connectivity index (χ2n) is 6.90. The van der Waals surface area contributed by atoms with Gasteiger partial charge in [-0.3, -0.25) is 9.36 Å². The summed E-state index contributed by atoms with van der Waals surface area (Å²) in [6.45, 7) is 2.41. The maximum absolute atomic E-state index is 13.1. The normalized spacial score (nSPS) is 13.5. The van der Waals surface area contributed by atoms with Crippen LogP contribution in [0.1, 0.15) is 42.6 Å². The molecule has 0 unspecified atom stereocenters. The van der Waals surface area contributed by atoms with E-state index >= 15 is 0 Å². The van der Waals surface area contributed by atoms with Gasteiger partial charge in [0.15, 0.2) is 0 Å². The Labute approximate surface area is 156 Å². The van der Waals surface area contributed by atoms with E-state index in [1.807, 2.05) is 6.92 Å². The Morgan fingerprint density at radius 3 is 2.88 bits per heavy atom. The first-order valence-corrected chi connectivity index (χ1v) is 10.0. The van der Waals surface area contributed by atoms with Crippen LogP contribution in [0.3, 0.4) is 0 Å². The first kappa shape index (κ1) is 17.0. The van der Waals surface area contributed by atoms with Crippen molar-refractivity contribution >= 4 is 21.6 Å². The van der Waals surface area contributed by atoms with Crippen LogP contribution in [0.5, 0.6) is 0 Å². The number of thiophene rings is 1. The predicted molar refractivity (Wildman–Crippen MR) is 106 cm³/mol. The third-order valence-corrected chi connectivity index (χ3v) is 6.09. The zero-order valence-corrected chi connectivity index (χ0v) is 15.7. The Kier molecular flexibility index (Phi) is 4.60. The van der Waals surface area contributed by atoms with Gasteiger partial charge in [-0.1, -0.05) is 18.2 Å². The highest BCUT2D eigenvalue weighted by atomic mass is 32.1. The Bertz CT molecular complexity index is 1070. The lowest BCUT2D eigenvalue weighted by molar-refractivity contribution is 0.607. The van der Waals surface area contributed by atoms with Gasteiger partial charge in [0.1, 0.15) is 10.7 Å². The summed E-state index contributed by atoms with van der Waals surface area (Å²) in [6, 6.07) is 8.77. The highest BCUT2D eigenvalue weighted by Crippen LogP contribution is 2.33. The van der Waals surface area contributed by atoms with E-state index in [0.717, 1.165) is 34.6 Å². The van der Waals surface area contributed by atoms with Crippen molar-refractivity contribution in [2.45, 2.75) is 52.0 Å². The van der Waals surface area contributed by atoms with Crippen molar-refractivity contribution in [3.63, 3.8) is 0 Å². The van der Waals surface area contributed by atoms with Crippen molar-refractivity contribution in [2.75, 3.05) is 0 Å². The number of rotatable bonds is 4. The second-order valence-corrected chi connectivity index (χ2v) is 7.76. The van der Waals surface area contributed by atoms with E-state index in [2.05, 4.69) is 34.6 Å². The summed E-state index contributed by atoms with van der Waals surface area (Å²) >= 11 is 1.53. The van der Waals surface area contributed by atoms with Crippen LogP contribution in [0.4, 0.5) is 0 Å². The number of nitrogens with zero attached hydrogens (tertiary/aromatic N) is 3. The lowest BCUT2D eigenvalue weighted by atomic mass is 9.89. The van der Waals surface area contributed by atoms with Crippen LogP contribution in [0.25, 0.3) is 21.3 Å². The molecule has 0 bridgehead atoms. The molecule has 0 spiro atoms. The average molecular weight is 363 g/mol. The number of aromatic nitrogens is 2. The van der Waals surface area contributed by atoms with Gasteiger partial charge in [0.2, 0.25) is 0 Å². The van der Waals surface area contributed by atoms with E-state index in [4.69, 9.17) is 5.26 Å². The lowest BCUT2D eigenvalue weighted by Crippen LogP contribution is -2.23. The lowest BCUT2D eigenvalue weighted by Gasteiger charge is -2.16. The predicted octanol–water partition coefficient (Wildman–Crippen LogP) is 4.62. The molecule has 0 amide bonds. The van der Waals surface area contributed by atoms with Gasteiger partial charge >= 0.3 is 0 Å². The van der Waals surface area contributed by atoms with Gasteiger partial charge in [0.25, 0.3) is 5.56 Å². The second kappa shape index (κ2) is 7.05. The zero-order chi connectivity index (χ0) is 18.1. The Morgan fingerprint density at radius 2 is 2.08 bits per heavy atom. The number of fused-ring (bicyclic) bond motifs is 2. The molecule has 4 nitrogen and oxygen atoms in total. The zero-order valence-electron chi connectivity index (χ0n) is 14.9. The molecule has 2 aromatic heterocycles. The summed E-state index contributed by atoms with van der Waals surface area (Å²) in [5.41, 5.74) is 4.98. The van der Waals surface area contributed by atoms with Crippen LogP contribution in [0.15, 0.2) is 28.4 Å². The molecule has 0 saturated heterocycles. The maximum atomic E-state index is 13.1. The highest BCUT2D eigenvalue weighted by molar-refractivity contribution is 7.17. The van der Waals surface area contributed by atoms with E-state index in [0.29, 0.717) is 24.8 Å². The summed E-state index contributed by atoms with van der Waals surface area (Å²) in [7, 11) is 0. The van der Waals surface area contributed by atoms with Crippen molar-refractivity contribution in [1.82, 2.24) is 9.55 Å². The maximum Gasteiger partial charge on any atom is 0.262 e. The summed E-state index contributed by atoms with van der Waals surface area (Å²) < 4.78 is 1.72. The molecule has 0 aliphatic heterocycles. The molecule has 132 valence electrons. The van der Waals surface area contributed by atoms with Gasteiger partial charge in [-0.2, -0.15) is 5.26 Å². The molecule has 0 saturated carbocycles. The van der Waals surface area contributed by atoms with Gasteiger partial charge in [-0.05, 0) is 55.7 Å². The fourth-order valence-electron chi connectivity index (χ4n) is 3.82. The molecule has 5 heteroatoms. The molecule has 1 aliphatic rings. The smallest absolute Gasteiger partial charge is 0.262 e. The van der Waals surface area contributed by atoms with Crippen molar-refractivity contribution < 1.29 is 0 Å². The number of nitriles is 1. The average Bonchev–Trinajstić information content (AvgIpc) is 3.08. The molecule has 2 heterocycles. The molecule has 26 heavy (non-hydrogen) atoms. The quantitative estimate of drug-likeness (QED) is 0.636. The van der Waals surface area contributed by atoms with Crippen LogP contribution in [0.2, 0.25) is 0 Å². The first-order valence-electron chi connectivity index (χ1n) is 9.17. The van der Waals surface area contributed by atoms with E-state index in [-0.39, 0.29) is 5.56 Å². The third-order valence-electron chi connectivity index (χ3n) is 5.21. The van der Waals surface area contributed by atoms with E-state index in [1.165, 1.54) is 35.3 Å². The van der Waals surface area contributed by atoms with Gasteiger partial charge in [0, 0.05) is 23.9 Å². The van der Waals surface area contributed by atoms with Crippen molar-refractivity contribution in [3.8, 4) is 17.2 Å². The van der Waals surface area contributed by atoms with Crippen molar-refractivity contribution in [3.05, 3.63) is 50.9 Å². The molecule has 3 aromatic rings. The highest BCUT2D eigenvalue weighted by Gasteiger charge is 2.17. The standard InChI is InChI=1S/C21H21N3OS/c1-14-23-20-19(21(25)24(14)11-5-4-10-22)18(13-26-20)17-9-8-15-6-2-3-7-16(15)12-17/h8-9,12-13H,2-7,11H2,1H3. The third kappa shape index (κ3) is 2.95. The number of aryl methyl sites for hydroxylation is 3. The van der Waals surface area contributed by atoms with Crippen molar-refractivity contribution in [1.29, 1.82) is 5.26 Å². The molecule has 0 fully saturated rings. The van der Waals surface area contributed by atoms with Gasteiger partial charge in [0.05, 0.1) is 11.5 Å². The minimum Gasteiger partial charge on any atom is -0.296 e. The van der Waals surface area contributed by atoms with Crippen LogP contribution >= 0.6 is 11.3 Å². The Balaban J connectivity index is 1.82. The molecule has 0 atom stereocenters. The molecule has 0 radical (unpaired) electrons. The monoisotopic (exact) mass is 363 g/mol.